The van der Waals surface area contributed by atoms with Crippen LogP contribution < -0.4 is 29.6 Å². The maximum Gasteiger partial charge on any atom is 0.220 e. The van der Waals surface area contributed by atoms with E-state index in [9.17, 15) is 5.26 Å². The van der Waals surface area contributed by atoms with E-state index in [1.807, 2.05) is 55.5 Å². The summed E-state index contributed by atoms with van der Waals surface area (Å²) in [5.74, 6) is 1.70. The van der Waals surface area contributed by atoms with E-state index in [0.29, 0.717) is 55.3 Å². The minimum Gasteiger partial charge on any atom is -0.481 e. The zero-order chi connectivity index (χ0) is 32.0. The van der Waals surface area contributed by atoms with Gasteiger partial charge in [0.05, 0.1) is 33.0 Å². The van der Waals surface area contributed by atoms with Gasteiger partial charge in [0, 0.05) is 60.6 Å². The zero-order valence-corrected chi connectivity index (χ0v) is 25.8. The Morgan fingerprint density at radius 1 is 0.689 bits per heavy atom. The smallest absolute Gasteiger partial charge is 0.220 e. The van der Waals surface area contributed by atoms with Crippen LogP contribution in [0, 0.1) is 18.3 Å². The molecule has 4 aromatic rings. The third kappa shape index (κ3) is 8.68. The molecule has 0 bridgehead atoms. The first-order valence-electron chi connectivity index (χ1n) is 14.6. The fourth-order valence-electron chi connectivity index (χ4n) is 4.80. The maximum absolute atomic E-state index is 10.2. The summed E-state index contributed by atoms with van der Waals surface area (Å²) in [7, 11) is 3.11. The Bertz CT molecular complexity index is 1610. The minimum absolute atomic E-state index is 0.0440. The third-order valence-electron chi connectivity index (χ3n) is 7.17. The van der Waals surface area contributed by atoms with Gasteiger partial charge in [-0.2, -0.15) is 15.2 Å². The van der Waals surface area contributed by atoms with Gasteiger partial charge in [-0.05, 0) is 35.7 Å². The van der Waals surface area contributed by atoms with Crippen LogP contribution in [0.2, 0.25) is 0 Å². The predicted octanol–water partition coefficient (Wildman–Crippen LogP) is 3.66. The zero-order valence-electron chi connectivity index (χ0n) is 25.8. The normalized spacial score (nSPS) is 10.8. The quantitative estimate of drug-likeness (QED) is 0.129. The molecule has 0 radical (unpaired) electrons. The van der Waals surface area contributed by atoms with Crippen LogP contribution in [0.15, 0.2) is 60.7 Å². The minimum atomic E-state index is 0.0440. The van der Waals surface area contributed by atoms with Gasteiger partial charge in [-0.1, -0.05) is 36.4 Å². The molecule has 0 aliphatic rings. The number of pyridine rings is 2. The molecule has 0 saturated heterocycles. The molecule has 236 valence electrons. The lowest BCUT2D eigenvalue weighted by molar-refractivity contribution is 0.283. The molecular weight excluding hydrogens is 574 g/mol. The maximum atomic E-state index is 10.2. The van der Waals surface area contributed by atoms with Crippen molar-refractivity contribution in [3.8, 4) is 40.7 Å². The predicted molar refractivity (Wildman–Crippen MR) is 169 cm³/mol. The molecule has 11 heteroatoms. The first-order chi connectivity index (χ1) is 22.0. The van der Waals surface area contributed by atoms with Gasteiger partial charge in [0.15, 0.2) is 0 Å². The van der Waals surface area contributed by atoms with Crippen LogP contribution in [0.5, 0.6) is 23.5 Å². The summed E-state index contributed by atoms with van der Waals surface area (Å²) in [4.78, 5) is 8.94. The van der Waals surface area contributed by atoms with Crippen LogP contribution in [-0.4, -0.2) is 60.7 Å². The summed E-state index contributed by atoms with van der Waals surface area (Å²) in [5.41, 5.74) is 6.62. The molecule has 0 amide bonds. The average Bonchev–Trinajstić information content (AvgIpc) is 3.07. The molecule has 2 aromatic heterocycles. The van der Waals surface area contributed by atoms with E-state index in [4.69, 9.17) is 29.2 Å². The molecule has 0 saturated carbocycles. The highest BCUT2D eigenvalue weighted by molar-refractivity contribution is 5.75. The number of benzene rings is 2. The number of aromatic nitrogens is 2. The summed E-state index contributed by atoms with van der Waals surface area (Å²) in [6.45, 7) is 4.50. The van der Waals surface area contributed by atoms with Gasteiger partial charge in [0.2, 0.25) is 23.5 Å². The Morgan fingerprint density at radius 3 is 1.71 bits per heavy atom. The van der Waals surface area contributed by atoms with E-state index in [-0.39, 0.29) is 26.4 Å². The Hall–Kier alpha value is -4.73. The molecule has 2 heterocycles. The first kappa shape index (κ1) is 33.2. The molecule has 0 aliphatic carbocycles. The Balaban J connectivity index is 1.49. The van der Waals surface area contributed by atoms with E-state index in [1.165, 1.54) is 0 Å². The number of ether oxygens (including phenoxy) is 4. The highest BCUT2D eigenvalue weighted by atomic mass is 16.5. The van der Waals surface area contributed by atoms with Crippen molar-refractivity contribution in [2.24, 2.45) is 0 Å². The number of nitrogens with one attached hydrogen (secondary N) is 2. The number of hydrogen-bond acceptors (Lipinski definition) is 11. The van der Waals surface area contributed by atoms with Crippen LogP contribution in [0.1, 0.15) is 33.4 Å². The lowest BCUT2D eigenvalue weighted by Gasteiger charge is -2.16. The third-order valence-corrected chi connectivity index (χ3v) is 7.17. The molecule has 2 aromatic carbocycles. The summed E-state index contributed by atoms with van der Waals surface area (Å²) in [6, 6.07) is 21.3. The van der Waals surface area contributed by atoms with Crippen LogP contribution in [0.3, 0.4) is 0 Å². The number of nitriles is 1. The van der Waals surface area contributed by atoms with Gasteiger partial charge in [0.1, 0.15) is 19.3 Å². The van der Waals surface area contributed by atoms with Crippen molar-refractivity contribution >= 4 is 0 Å². The van der Waals surface area contributed by atoms with Crippen molar-refractivity contribution in [1.29, 1.82) is 5.26 Å². The second-order valence-electron chi connectivity index (χ2n) is 10.1. The van der Waals surface area contributed by atoms with Crippen molar-refractivity contribution in [3.63, 3.8) is 0 Å². The molecule has 0 spiro atoms. The Labute approximate surface area is 263 Å². The number of methoxy groups -OCH3 is 2. The fraction of sp³-hybridized carbons (Fsp3) is 0.324. The van der Waals surface area contributed by atoms with Gasteiger partial charge >= 0.3 is 0 Å². The van der Waals surface area contributed by atoms with Crippen LogP contribution in [0.25, 0.3) is 11.1 Å². The molecule has 4 rings (SSSR count). The molecule has 0 fully saturated rings. The molecule has 45 heavy (non-hydrogen) atoms. The van der Waals surface area contributed by atoms with E-state index < -0.39 is 0 Å². The molecule has 0 atom stereocenters. The van der Waals surface area contributed by atoms with Gasteiger partial charge in [-0.3, -0.25) is 0 Å². The fourth-order valence-corrected chi connectivity index (χ4v) is 4.80. The van der Waals surface area contributed by atoms with Crippen LogP contribution in [0.4, 0.5) is 0 Å². The van der Waals surface area contributed by atoms with Gasteiger partial charge in [-0.25, -0.2) is 0 Å². The van der Waals surface area contributed by atoms with Crippen molar-refractivity contribution in [2.45, 2.75) is 33.2 Å². The summed E-state index contributed by atoms with van der Waals surface area (Å²) in [5, 5.41) is 34.4. The number of aliphatic hydroxyl groups excluding tert-OH is 2. The first-order valence-corrected chi connectivity index (χ1v) is 14.6. The second-order valence-corrected chi connectivity index (χ2v) is 10.1. The van der Waals surface area contributed by atoms with Gasteiger partial charge < -0.3 is 39.8 Å². The largest absolute Gasteiger partial charge is 0.481 e. The molecule has 0 aliphatic heterocycles. The highest BCUT2D eigenvalue weighted by Crippen LogP contribution is 2.32. The Morgan fingerprint density at radius 2 is 1.20 bits per heavy atom. The van der Waals surface area contributed by atoms with E-state index in [0.717, 1.165) is 38.9 Å². The average molecular weight is 614 g/mol. The molecule has 0 unspecified atom stereocenters. The van der Waals surface area contributed by atoms with Gasteiger partial charge in [-0.15, -0.1) is 0 Å². The van der Waals surface area contributed by atoms with E-state index in [2.05, 4.69) is 26.7 Å². The van der Waals surface area contributed by atoms with Crippen molar-refractivity contribution < 1.29 is 29.2 Å². The van der Waals surface area contributed by atoms with Crippen molar-refractivity contribution in [1.82, 2.24) is 20.6 Å². The van der Waals surface area contributed by atoms with Crippen molar-refractivity contribution in [3.05, 3.63) is 94.0 Å². The highest BCUT2D eigenvalue weighted by Gasteiger charge is 2.16. The Kier molecular flexibility index (Phi) is 12.5. The van der Waals surface area contributed by atoms with Crippen LogP contribution >= 0.6 is 0 Å². The number of hydrogen-bond donors (Lipinski definition) is 4. The lowest BCUT2D eigenvalue weighted by Crippen LogP contribution is -2.18. The summed E-state index contributed by atoms with van der Waals surface area (Å²) in [6.07, 6.45) is 0. The molecule has 11 nitrogen and oxygen atoms in total. The summed E-state index contributed by atoms with van der Waals surface area (Å²) >= 11 is 0. The SMILES string of the molecule is COc1nc(OCc2cccc(-c3cccc(COc4ccc(CNCCO)c(OC)n4)c3C#N)c2C)ccc1CNCCO. The van der Waals surface area contributed by atoms with E-state index in [1.54, 1.807) is 26.4 Å². The number of aliphatic hydroxyl groups is 2. The van der Waals surface area contributed by atoms with Gasteiger partial charge in [0.25, 0.3) is 0 Å². The standard InChI is InChI=1S/C34H39N5O6/c1-23-26(21-44-31-12-10-24(19-36-14-16-40)33(38-31)42-2)6-4-8-28(23)29-9-5-7-27(30(29)18-35)22-45-32-13-11-25(20-37-15-17-41)34(39-32)43-3/h4-13,36-37,40-41H,14-17,19-22H2,1-3H3. The summed E-state index contributed by atoms with van der Waals surface area (Å²) < 4.78 is 22.9. The number of rotatable bonds is 17. The van der Waals surface area contributed by atoms with Crippen LogP contribution in [-0.2, 0) is 26.3 Å². The molecule has 4 N–H and O–H groups in total. The van der Waals surface area contributed by atoms with E-state index >= 15 is 0 Å². The van der Waals surface area contributed by atoms with Crippen molar-refractivity contribution in [2.75, 3.05) is 40.5 Å². The lowest BCUT2D eigenvalue weighted by atomic mass is 9.91. The second kappa shape index (κ2) is 16.9. The topological polar surface area (TPSA) is 151 Å². The molecular formula is C34H39N5O6. The number of nitrogens with zero attached hydrogens (tertiary/aromatic N) is 3. The monoisotopic (exact) mass is 613 g/mol.